The molecule has 4 rings (SSSR count). The topological polar surface area (TPSA) is 48.5 Å². The van der Waals surface area contributed by atoms with E-state index < -0.39 is 0 Å². The molecule has 2 fully saturated rings. The molecule has 23 heavy (non-hydrogen) atoms. The molecule has 2 aliphatic heterocycles. The second-order valence-corrected chi connectivity index (χ2v) is 7.81. The van der Waals surface area contributed by atoms with Crippen molar-refractivity contribution in [2.24, 2.45) is 5.92 Å². The molecule has 4 heterocycles. The molecule has 1 N–H and O–H groups in total. The largest absolute Gasteiger partial charge is 0.376 e. The number of amides is 1. The summed E-state index contributed by atoms with van der Waals surface area (Å²) < 4.78 is 1.12. The molecule has 2 aromatic heterocycles. The van der Waals surface area contributed by atoms with Gasteiger partial charge in [0.15, 0.2) is 0 Å². The van der Waals surface area contributed by atoms with Gasteiger partial charge in [-0.05, 0) is 31.4 Å². The Bertz CT molecular complexity index is 729. The molecule has 2 aromatic rings. The Morgan fingerprint density at radius 3 is 3.09 bits per heavy atom. The molecule has 0 saturated carbocycles. The molecule has 3 atom stereocenters. The predicted octanol–water partition coefficient (Wildman–Crippen LogP) is 2.19. The number of anilines is 1. The summed E-state index contributed by atoms with van der Waals surface area (Å²) in [6.07, 6.45) is 4.19. The average molecular weight is 330 g/mol. The summed E-state index contributed by atoms with van der Waals surface area (Å²) in [7, 11) is 4.04. The Hall–Kier alpha value is -1.66. The fourth-order valence-corrected chi connectivity index (χ4v) is 4.79. The highest BCUT2D eigenvalue weighted by Crippen LogP contribution is 2.32. The Morgan fingerprint density at radius 2 is 2.30 bits per heavy atom. The number of carbonyl (C=O) groups is 1. The minimum Gasteiger partial charge on any atom is -0.376 e. The number of nitrogens with one attached hydrogen (secondary N) is 1. The van der Waals surface area contributed by atoms with E-state index in [2.05, 4.69) is 25.5 Å². The first-order valence-electron chi connectivity index (χ1n) is 8.18. The Kier molecular flexibility index (Phi) is 3.73. The van der Waals surface area contributed by atoms with Crippen molar-refractivity contribution in [3.8, 4) is 0 Å². The second-order valence-electron chi connectivity index (χ2n) is 6.90. The SMILES string of the molecule is CN(C)c1csc2cnc(C(=O)N[C@@H]3C[C@H]4CCN(C4)C3)cc12. The van der Waals surface area contributed by atoms with Gasteiger partial charge in [-0.15, -0.1) is 11.3 Å². The first kappa shape index (κ1) is 14.9. The Morgan fingerprint density at radius 1 is 1.43 bits per heavy atom. The summed E-state index contributed by atoms with van der Waals surface area (Å²) in [6.45, 7) is 3.37. The lowest BCUT2D eigenvalue weighted by Crippen LogP contribution is -2.47. The molecule has 0 spiro atoms. The number of hydrogen-bond donors (Lipinski definition) is 1. The van der Waals surface area contributed by atoms with Crippen molar-refractivity contribution in [2.75, 3.05) is 38.6 Å². The molecule has 6 heteroatoms. The van der Waals surface area contributed by atoms with E-state index in [1.54, 1.807) is 11.3 Å². The van der Waals surface area contributed by atoms with Crippen LogP contribution in [0, 0.1) is 5.92 Å². The summed E-state index contributed by atoms with van der Waals surface area (Å²) in [5, 5.41) is 6.40. The molecule has 5 nitrogen and oxygen atoms in total. The number of rotatable bonds is 3. The summed E-state index contributed by atoms with van der Waals surface area (Å²) >= 11 is 1.66. The van der Waals surface area contributed by atoms with Crippen LogP contribution in [-0.2, 0) is 0 Å². The number of pyridine rings is 1. The predicted molar refractivity (Wildman–Crippen MR) is 94.4 cm³/mol. The molecule has 2 aliphatic rings. The number of hydrogen-bond acceptors (Lipinski definition) is 5. The molecular formula is C17H22N4OS. The number of thiophene rings is 1. The van der Waals surface area contributed by atoms with Crippen LogP contribution in [-0.4, -0.2) is 55.6 Å². The van der Waals surface area contributed by atoms with Gasteiger partial charge >= 0.3 is 0 Å². The van der Waals surface area contributed by atoms with E-state index in [1.807, 2.05) is 26.4 Å². The van der Waals surface area contributed by atoms with E-state index in [9.17, 15) is 4.79 Å². The van der Waals surface area contributed by atoms with E-state index in [0.29, 0.717) is 5.69 Å². The summed E-state index contributed by atoms with van der Waals surface area (Å²) in [6, 6.07) is 2.19. The van der Waals surface area contributed by atoms with Crippen LogP contribution < -0.4 is 10.2 Å². The van der Waals surface area contributed by atoms with Crippen LogP contribution >= 0.6 is 11.3 Å². The van der Waals surface area contributed by atoms with Gasteiger partial charge in [-0.1, -0.05) is 0 Å². The smallest absolute Gasteiger partial charge is 0.270 e. The molecular weight excluding hydrogens is 308 g/mol. The first-order chi connectivity index (χ1) is 11.1. The highest BCUT2D eigenvalue weighted by molar-refractivity contribution is 7.17. The quantitative estimate of drug-likeness (QED) is 0.937. The fourth-order valence-electron chi connectivity index (χ4n) is 3.81. The third kappa shape index (κ3) is 2.81. The van der Waals surface area contributed by atoms with E-state index in [-0.39, 0.29) is 11.9 Å². The van der Waals surface area contributed by atoms with Gasteiger partial charge in [0.25, 0.3) is 5.91 Å². The maximum atomic E-state index is 12.6. The zero-order valence-electron chi connectivity index (χ0n) is 13.6. The van der Waals surface area contributed by atoms with Gasteiger partial charge in [0.05, 0.1) is 10.4 Å². The number of aromatic nitrogens is 1. The van der Waals surface area contributed by atoms with E-state index in [0.717, 1.165) is 34.7 Å². The lowest BCUT2D eigenvalue weighted by Gasteiger charge is -2.30. The zero-order valence-corrected chi connectivity index (χ0v) is 14.4. The molecule has 0 aliphatic carbocycles. The minimum atomic E-state index is -0.0460. The molecule has 2 bridgehead atoms. The maximum absolute atomic E-state index is 12.6. The van der Waals surface area contributed by atoms with Crippen molar-refractivity contribution in [3.63, 3.8) is 0 Å². The number of fused-ring (bicyclic) bond motifs is 3. The minimum absolute atomic E-state index is 0.0460. The molecule has 1 unspecified atom stereocenters. The van der Waals surface area contributed by atoms with E-state index in [1.165, 1.54) is 19.5 Å². The van der Waals surface area contributed by atoms with E-state index in [4.69, 9.17) is 0 Å². The maximum Gasteiger partial charge on any atom is 0.270 e. The number of piperidine rings is 1. The zero-order chi connectivity index (χ0) is 16.0. The van der Waals surface area contributed by atoms with Crippen LogP contribution in [0.3, 0.4) is 0 Å². The molecule has 2 saturated heterocycles. The third-order valence-corrected chi connectivity index (χ3v) is 5.88. The summed E-state index contributed by atoms with van der Waals surface area (Å²) in [4.78, 5) is 21.5. The van der Waals surface area contributed by atoms with Crippen molar-refractivity contribution < 1.29 is 4.79 Å². The normalized spacial score (nSPS) is 26.4. The van der Waals surface area contributed by atoms with E-state index >= 15 is 0 Å². The van der Waals surface area contributed by atoms with Gasteiger partial charge in [-0.2, -0.15) is 0 Å². The third-order valence-electron chi connectivity index (χ3n) is 4.96. The van der Waals surface area contributed by atoms with Gasteiger partial charge in [0.2, 0.25) is 0 Å². The standard InChI is InChI=1S/C17H22N4OS/c1-20(2)15-10-23-16-7-18-14(6-13(15)16)17(22)19-12-5-11-3-4-21(8-11)9-12/h6-7,10-12H,3-5,8-9H2,1-2H3,(H,19,22)/t11-,12-/m1/s1. The molecule has 122 valence electrons. The molecule has 0 aromatic carbocycles. The van der Waals surface area contributed by atoms with Crippen LogP contribution in [0.1, 0.15) is 23.3 Å². The second kappa shape index (κ2) is 5.76. The monoisotopic (exact) mass is 330 g/mol. The van der Waals surface area contributed by atoms with Crippen LogP contribution in [0.4, 0.5) is 5.69 Å². The van der Waals surface area contributed by atoms with Gasteiger partial charge in [-0.3, -0.25) is 4.79 Å². The van der Waals surface area contributed by atoms with Crippen LogP contribution in [0.5, 0.6) is 0 Å². The average Bonchev–Trinajstić information content (AvgIpc) is 3.09. The van der Waals surface area contributed by atoms with Crippen LogP contribution in [0.2, 0.25) is 0 Å². The van der Waals surface area contributed by atoms with Crippen molar-refractivity contribution in [1.29, 1.82) is 0 Å². The van der Waals surface area contributed by atoms with Crippen LogP contribution in [0.25, 0.3) is 10.1 Å². The lowest BCUT2D eigenvalue weighted by atomic mass is 9.97. The number of carbonyl (C=O) groups excluding carboxylic acids is 1. The Labute approximate surface area is 140 Å². The van der Waals surface area contributed by atoms with Crippen LogP contribution in [0.15, 0.2) is 17.6 Å². The highest BCUT2D eigenvalue weighted by atomic mass is 32.1. The molecule has 1 amide bonds. The van der Waals surface area contributed by atoms with Crippen molar-refractivity contribution >= 4 is 33.0 Å². The van der Waals surface area contributed by atoms with Crippen molar-refractivity contribution in [3.05, 3.63) is 23.3 Å². The van der Waals surface area contributed by atoms with Gasteiger partial charge in [0, 0.05) is 50.2 Å². The van der Waals surface area contributed by atoms with Gasteiger partial charge in [-0.25, -0.2) is 4.98 Å². The van der Waals surface area contributed by atoms with Gasteiger partial charge in [0.1, 0.15) is 5.69 Å². The van der Waals surface area contributed by atoms with Crippen molar-refractivity contribution in [2.45, 2.75) is 18.9 Å². The summed E-state index contributed by atoms with van der Waals surface area (Å²) in [5.41, 5.74) is 1.66. The number of nitrogens with zero attached hydrogens (tertiary/aromatic N) is 3. The highest BCUT2D eigenvalue weighted by Gasteiger charge is 2.33. The van der Waals surface area contributed by atoms with Crippen molar-refractivity contribution in [1.82, 2.24) is 15.2 Å². The van der Waals surface area contributed by atoms with Gasteiger partial charge < -0.3 is 15.1 Å². The lowest BCUT2D eigenvalue weighted by molar-refractivity contribution is 0.0904. The summed E-state index contributed by atoms with van der Waals surface area (Å²) in [5.74, 6) is 0.706. The fraction of sp³-hybridized carbons (Fsp3) is 0.529. The first-order valence-corrected chi connectivity index (χ1v) is 9.06. The Balaban J connectivity index is 1.54. The molecule has 0 radical (unpaired) electrons.